The van der Waals surface area contributed by atoms with Gasteiger partial charge in [0.25, 0.3) is 5.91 Å². The fourth-order valence-corrected chi connectivity index (χ4v) is 4.21. The number of hydrogen-bond acceptors (Lipinski definition) is 5. The highest BCUT2D eigenvalue weighted by atomic mass is 32.1. The number of nitrogens with one attached hydrogen (secondary N) is 1. The summed E-state index contributed by atoms with van der Waals surface area (Å²) in [5.74, 6) is -0.200. The van der Waals surface area contributed by atoms with Crippen LogP contribution in [0.15, 0.2) is 60.7 Å². The van der Waals surface area contributed by atoms with Crippen molar-refractivity contribution in [3.63, 3.8) is 0 Å². The second-order valence-electron chi connectivity index (χ2n) is 6.63. The van der Waals surface area contributed by atoms with Crippen molar-refractivity contribution in [2.75, 3.05) is 18.5 Å². The normalized spacial score (nSPS) is 11.6. The minimum Gasteiger partial charge on any atom is -0.493 e. The van der Waals surface area contributed by atoms with E-state index in [4.69, 9.17) is 9.47 Å². The topological polar surface area (TPSA) is 64.6 Å². The number of carbonyl (C=O) groups excluding carboxylic acids is 2. The van der Waals surface area contributed by atoms with Crippen molar-refractivity contribution in [1.29, 1.82) is 0 Å². The summed E-state index contributed by atoms with van der Waals surface area (Å²) in [5, 5.41) is 3.37. The molecular formula is C24H25NO4S. The predicted molar refractivity (Wildman–Crippen MR) is 120 cm³/mol. The molecular weight excluding hydrogens is 398 g/mol. The third-order valence-electron chi connectivity index (χ3n) is 4.63. The highest BCUT2D eigenvalue weighted by Gasteiger charge is 2.23. The molecule has 0 radical (unpaired) electrons. The van der Waals surface area contributed by atoms with Crippen LogP contribution in [-0.2, 0) is 4.74 Å². The quantitative estimate of drug-likeness (QED) is 0.470. The summed E-state index contributed by atoms with van der Waals surface area (Å²) < 4.78 is 10.8. The first-order valence-electron chi connectivity index (χ1n) is 9.94. The monoisotopic (exact) mass is 423 g/mol. The Balaban J connectivity index is 1.94. The fraction of sp³-hybridized carbons (Fsp3) is 0.250. The van der Waals surface area contributed by atoms with Crippen LogP contribution in [0.1, 0.15) is 57.8 Å². The van der Waals surface area contributed by atoms with Crippen LogP contribution in [0.4, 0.5) is 5.00 Å². The summed E-state index contributed by atoms with van der Waals surface area (Å²) in [6.45, 7) is 6.42. The van der Waals surface area contributed by atoms with E-state index >= 15 is 0 Å². The molecule has 1 aromatic heterocycles. The second kappa shape index (κ2) is 10.1. The van der Waals surface area contributed by atoms with Crippen LogP contribution < -0.4 is 10.1 Å². The fourth-order valence-electron chi connectivity index (χ4n) is 3.09. The first-order valence-corrected chi connectivity index (χ1v) is 10.8. The number of hydrogen-bond donors (Lipinski definition) is 1. The van der Waals surface area contributed by atoms with Gasteiger partial charge >= 0.3 is 5.97 Å². The molecule has 0 fully saturated rings. The van der Waals surface area contributed by atoms with E-state index in [0.717, 1.165) is 10.4 Å². The maximum atomic E-state index is 13.0. The van der Waals surface area contributed by atoms with Crippen LogP contribution in [0.5, 0.6) is 5.75 Å². The Morgan fingerprint density at radius 2 is 1.67 bits per heavy atom. The first kappa shape index (κ1) is 21.6. The van der Waals surface area contributed by atoms with E-state index in [1.807, 2.05) is 49.4 Å². The Labute approximate surface area is 180 Å². The zero-order valence-corrected chi connectivity index (χ0v) is 18.1. The molecule has 3 aromatic rings. The van der Waals surface area contributed by atoms with Gasteiger partial charge in [0.05, 0.1) is 24.3 Å². The molecule has 1 N–H and O–H groups in total. The maximum Gasteiger partial charge on any atom is 0.341 e. The van der Waals surface area contributed by atoms with Gasteiger partial charge in [-0.25, -0.2) is 4.79 Å². The number of ether oxygens (including phenoxy) is 2. The van der Waals surface area contributed by atoms with E-state index in [-0.39, 0.29) is 18.4 Å². The zero-order valence-electron chi connectivity index (χ0n) is 17.3. The molecule has 30 heavy (non-hydrogen) atoms. The standard InChI is InChI=1S/C24H25NO4S/c1-4-28-20-14-10-9-13-18(20)22(26)25-23-19(24(27)29-5-2)15-21(30-23)16(3)17-11-7-6-8-12-17/h6-16H,4-5H2,1-3H3,(H,25,26)/t16-/m1/s1. The zero-order chi connectivity index (χ0) is 21.5. The molecule has 0 aliphatic carbocycles. The smallest absolute Gasteiger partial charge is 0.341 e. The number of amides is 1. The van der Waals surface area contributed by atoms with E-state index in [1.54, 1.807) is 25.1 Å². The average molecular weight is 424 g/mol. The third-order valence-corrected chi connectivity index (χ3v) is 5.86. The molecule has 156 valence electrons. The molecule has 0 aliphatic heterocycles. The summed E-state index contributed by atoms with van der Waals surface area (Å²) in [7, 11) is 0. The SMILES string of the molecule is CCOC(=O)c1cc([C@H](C)c2ccccc2)sc1NC(=O)c1ccccc1OCC. The molecule has 1 heterocycles. The third kappa shape index (κ3) is 4.89. The highest BCUT2D eigenvalue weighted by Crippen LogP contribution is 2.37. The summed E-state index contributed by atoms with van der Waals surface area (Å²) >= 11 is 1.39. The Morgan fingerprint density at radius 1 is 0.967 bits per heavy atom. The van der Waals surface area contributed by atoms with Crippen molar-refractivity contribution in [1.82, 2.24) is 0 Å². The van der Waals surface area contributed by atoms with Gasteiger partial charge in [0.1, 0.15) is 10.8 Å². The number of carbonyl (C=O) groups is 2. The van der Waals surface area contributed by atoms with E-state index in [1.165, 1.54) is 11.3 Å². The Bertz CT molecular complexity index is 1010. The Hall–Kier alpha value is -3.12. The van der Waals surface area contributed by atoms with Crippen molar-refractivity contribution in [2.24, 2.45) is 0 Å². The van der Waals surface area contributed by atoms with Gasteiger partial charge in [-0.05, 0) is 37.6 Å². The van der Waals surface area contributed by atoms with Crippen LogP contribution in [0.25, 0.3) is 0 Å². The molecule has 0 aliphatic rings. The lowest BCUT2D eigenvalue weighted by Gasteiger charge is -2.11. The van der Waals surface area contributed by atoms with E-state index in [2.05, 4.69) is 12.2 Å². The van der Waals surface area contributed by atoms with Gasteiger partial charge in [-0.1, -0.05) is 49.4 Å². The molecule has 1 amide bonds. The molecule has 2 aromatic carbocycles. The number of para-hydroxylation sites is 1. The van der Waals surface area contributed by atoms with Crippen LogP contribution in [0.3, 0.4) is 0 Å². The number of rotatable bonds is 8. The number of anilines is 1. The largest absolute Gasteiger partial charge is 0.493 e. The first-order chi connectivity index (χ1) is 14.5. The lowest BCUT2D eigenvalue weighted by atomic mass is 9.99. The summed E-state index contributed by atoms with van der Waals surface area (Å²) in [5.41, 5.74) is 1.91. The summed E-state index contributed by atoms with van der Waals surface area (Å²) in [6, 6.07) is 18.9. The van der Waals surface area contributed by atoms with Crippen LogP contribution in [0, 0.1) is 0 Å². The summed E-state index contributed by atoms with van der Waals surface area (Å²) in [4.78, 5) is 26.5. The van der Waals surface area contributed by atoms with Crippen LogP contribution in [-0.4, -0.2) is 25.1 Å². The van der Waals surface area contributed by atoms with E-state index < -0.39 is 5.97 Å². The van der Waals surface area contributed by atoms with Crippen LogP contribution >= 0.6 is 11.3 Å². The number of esters is 1. The predicted octanol–water partition coefficient (Wildman–Crippen LogP) is 5.73. The van der Waals surface area contributed by atoms with Gasteiger partial charge < -0.3 is 14.8 Å². The maximum absolute atomic E-state index is 13.0. The van der Waals surface area contributed by atoms with Crippen molar-refractivity contribution in [2.45, 2.75) is 26.7 Å². The number of thiophene rings is 1. The van der Waals surface area contributed by atoms with Crippen LogP contribution in [0.2, 0.25) is 0 Å². The molecule has 0 saturated carbocycles. The average Bonchev–Trinajstić information content (AvgIpc) is 3.18. The molecule has 5 nitrogen and oxygen atoms in total. The Morgan fingerprint density at radius 3 is 2.37 bits per heavy atom. The van der Waals surface area contributed by atoms with Crippen molar-refractivity contribution < 1.29 is 19.1 Å². The minimum absolute atomic E-state index is 0.0748. The second-order valence-corrected chi connectivity index (χ2v) is 7.71. The highest BCUT2D eigenvalue weighted by molar-refractivity contribution is 7.16. The van der Waals surface area contributed by atoms with Gasteiger partial charge in [-0.2, -0.15) is 0 Å². The van der Waals surface area contributed by atoms with Gasteiger partial charge in [0.2, 0.25) is 0 Å². The van der Waals surface area contributed by atoms with E-state index in [9.17, 15) is 9.59 Å². The number of benzene rings is 2. The van der Waals surface area contributed by atoms with Crippen molar-refractivity contribution in [3.8, 4) is 5.75 Å². The Kier molecular flexibility index (Phi) is 7.25. The van der Waals surface area contributed by atoms with Gasteiger partial charge in [-0.3, -0.25) is 4.79 Å². The molecule has 6 heteroatoms. The lowest BCUT2D eigenvalue weighted by Crippen LogP contribution is -2.15. The van der Waals surface area contributed by atoms with Gasteiger partial charge in [-0.15, -0.1) is 11.3 Å². The molecule has 1 atom stereocenters. The molecule has 3 rings (SSSR count). The molecule has 0 unspecified atom stereocenters. The molecule has 0 saturated heterocycles. The summed E-state index contributed by atoms with van der Waals surface area (Å²) in [6.07, 6.45) is 0. The lowest BCUT2D eigenvalue weighted by molar-refractivity contribution is 0.0528. The van der Waals surface area contributed by atoms with E-state index in [0.29, 0.717) is 28.5 Å². The molecule has 0 bridgehead atoms. The minimum atomic E-state index is -0.450. The van der Waals surface area contributed by atoms with Gasteiger partial charge in [0.15, 0.2) is 0 Å². The molecule has 0 spiro atoms. The van der Waals surface area contributed by atoms with Gasteiger partial charge in [0, 0.05) is 10.8 Å². The van der Waals surface area contributed by atoms with Crippen molar-refractivity contribution in [3.05, 3.63) is 82.2 Å². The van der Waals surface area contributed by atoms with Crippen molar-refractivity contribution >= 4 is 28.2 Å².